The van der Waals surface area contributed by atoms with Crippen molar-refractivity contribution in [3.8, 4) is 28.4 Å². The van der Waals surface area contributed by atoms with Crippen LogP contribution >= 0.6 is 11.6 Å². The fourth-order valence-corrected chi connectivity index (χ4v) is 2.84. The van der Waals surface area contributed by atoms with E-state index in [1.807, 2.05) is 6.07 Å². The molecule has 0 saturated heterocycles. The van der Waals surface area contributed by atoms with Gasteiger partial charge in [-0.05, 0) is 23.8 Å². The molecule has 0 bridgehead atoms. The molecule has 0 unspecified atom stereocenters. The minimum absolute atomic E-state index is 0.0956. The first kappa shape index (κ1) is 13.8. The molecule has 0 saturated carbocycles. The average molecular weight is 305 g/mol. The fraction of sp³-hybridized carbons (Fsp3) is 0.188. The molecule has 0 N–H and O–H groups in total. The van der Waals surface area contributed by atoms with Gasteiger partial charge < -0.3 is 14.2 Å². The van der Waals surface area contributed by atoms with Crippen LogP contribution in [0.1, 0.15) is 15.9 Å². The molecule has 1 aliphatic carbocycles. The second-order valence-corrected chi connectivity index (χ2v) is 5.02. The van der Waals surface area contributed by atoms with Crippen molar-refractivity contribution >= 4 is 17.4 Å². The van der Waals surface area contributed by atoms with Crippen molar-refractivity contribution in [3.05, 3.63) is 40.4 Å². The highest BCUT2D eigenvalue weighted by atomic mass is 35.5. The first-order valence-corrected chi connectivity index (χ1v) is 6.67. The summed E-state index contributed by atoms with van der Waals surface area (Å²) in [6.07, 6.45) is 0. The molecule has 2 aromatic carbocycles. The van der Waals surface area contributed by atoms with E-state index in [1.165, 1.54) is 21.3 Å². The number of rotatable bonds is 3. The molecule has 0 spiro atoms. The summed E-state index contributed by atoms with van der Waals surface area (Å²) < 4.78 is 16.1. The maximum Gasteiger partial charge on any atom is 0.203 e. The van der Waals surface area contributed by atoms with Gasteiger partial charge in [0.1, 0.15) is 0 Å². The van der Waals surface area contributed by atoms with Crippen molar-refractivity contribution in [2.24, 2.45) is 0 Å². The van der Waals surface area contributed by atoms with Gasteiger partial charge in [-0.15, -0.1) is 0 Å². The Labute approximate surface area is 127 Å². The van der Waals surface area contributed by atoms with E-state index in [0.29, 0.717) is 39.0 Å². The highest BCUT2D eigenvalue weighted by Gasteiger charge is 2.33. The summed E-state index contributed by atoms with van der Waals surface area (Å²) in [5, 5.41) is 0.521. The number of carbonyl (C=O) groups is 1. The standard InChI is InChI=1S/C16H13ClO4/c1-19-12-7-11-13(16(21-3)15(12)20-2)9-5-4-8(17)6-10(9)14(11)18/h4-7H,1-3H3. The van der Waals surface area contributed by atoms with Crippen molar-refractivity contribution in [2.75, 3.05) is 21.3 Å². The summed E-state index contributed by atoms with van der Waals surface area (Å²) in [6, 6.07) is 6.90. The van der Waals surface area contributed by atoms with Gasteiger partial charge in [-0.1, -0.05) is 17.7 Å². The number of hydrogen-bond acceptors (Lipinski definition) is 4. The van der Waals surface area contributed by atoms with E-state index < -0.39 is 0 Å². The molecule has 4 nitrogen and oxygen atoms in total. The van der Waals surface area contributed by atoms with Crippen LogP contribution in [0.5, 0.6) is 17.2 Å². The van der Waals surface area contributed by atoms with Crippen molar-refractivity contribution in [1.29, 1.82) is 0 Å². The summed E-state index contributed by atoms with van der Waals surface area (Å²) >= 11 is 5.99. The molecule has 0 radical (unpaired) electrons. The number of fused-ring (bicyclic) bond motifs is 3. The number of ether oxygens (including phenoxy) is 3. The van der Waals surface area contributed by atoms with Gasteiger partial charge in [0.2, 0.25) is 5.75 Å². The molecule has 108 valence electrons. The summed E-state index contributed by atoms with van der Waals surface area (Å²) in [5.41, 5.74) is 2.59. The Kier molecular flexibility index (Phi) is 3.26. The highest BCUT2D eigenvalue weighted by molar-refractivity contribution is 6.32. The summed E-state index contributed by atoms with van der Waals surface area (Å²) in [5.74, 6) is 1.32. The number of ketones is 1. The first-order valence-electron chi connectivity index (χ1n) is 6.30. The van der Waals surface area contributed by atoms with E-state index in [0.717, 1.165) is 5.56 Å². The Morgan fingerprint density at radius 2 is 1.57 bits per heavy atom. The van der Waals surface area contributed by atoms with Crippen LogP contribution < -0.4 is 14.2 Å². The number of benzene rings is 2. The maximum atomic E-state index is 12.6. The molecule has 0 aromatic heterocycles. The SMILES string of the molecule is COc1cc2c(c(OC)c1OC)-c1ccc(Cl)cc1C2=O. The van der Waals surface area contributed by atoms with Gasteiger partial charge in [0.05, 0.1) is 21.3 Å². The van der Waals surface area contributed by atoms with Gasteiger partial charge in [0.25, 0.3) is 0 Å². The molecule has 0 fully saturated rings. The minimum atomic E-state index is -0.0956. The Hall–Kier alpha value is -2.20. The van der Waals surface area contributed by atoms with Crippen LogP contribution in [0.25, 0.3) is 11.1 Å². The molecule has 1 aliphatic rings. The number of carbonyl (C=O) groups excluding carboxylic acids is 1. The van der Waals surface area contributed by atoms with E-state index in [1.54, 1.807) is 18.2 Å². The van der Waals surface area contributed by atoms with Crippen molar-refractivity contribution < 1.29 is 19.0 Å². The Balaban J connectivity index is 2.38. The third kappa shape index (κ3) is 1.87. The zero-order chi connectivity index (χ0) is 15.1. The molecule has 0 heterocycles. The molecule has 0 aliphatic heterocycles. The molecular formula is C16H13ClO4. The van der Waals surface area contributed by atoms with Gasteiger partial charge in [-0.25, -0.2) is 0 Å². The van der Waals surface area contributed by atoms with E-state index in [2.05, 4.69) is 0 Å². The highest BCUT2D eigenvalue weighted by Crippen LogP contribution is 2.51. The van der Waals surface area contributed by atoms with Crippen molar-refractivity contribution in [2.45, 2.75) is 0 Å². The van der Waals surface area contributed by atoms with Gasteiger partial charge in [-0.2, -0.15) is 0 Å². The number of hydrogen-bond donors (Lipinski definition) is 0. The van der Waals surface area contributed by atoms with Crippen LogP contribution in [0, 0.1) is 0 Å². The van der Waals surface area contributed by atoms with Crippen LogP contribution in [0.3, 0.4) is 0 Å². The smallest absolute Gasteiger partial charge is 0.203 e. The van der Waals surface area contributed by atoms with Crippen LogP contribution in [0.4, 0.5) is 0 Å². The fourth-order valence-electron chi connectivity index (χ4n) is 2.67. The molecule has 2 aromatic rings. The van der Waals surface area contributed by atoms with Crippen LogP contribution in [-0.2, 0) is 0 Å². The molecule has 21 heavy (non-hydrogen) atoms. The normalized spacial score (nSPS) is 11.9. The van der Waals surface area contributed by atoms with Crippen LogP contribution in [-0.4, -0.2) is 27.1 Å². The molecule has 0 amide bonds. The van der Waals surface area contributed by atoms with Crippen molar-refractivity contribution in [3.63, 3.8) is 0 Å². The lowest BCUT2D eigenvalue weighted by molar-refractivity contribution is 0.104. The second-order valence-electron chi connectivity index (χ2n) is 4.59. The second kappa shape index (κ2) is 4.97. The van der Waals surface area contributed by atoms with Gasteiger partial charge in [0.15, 0.2) is 17.3 Å². The Morgan fingerprint density at radius 3 is 2.19 bits per heavy atom. The maximum absolute atomic E-state index is 12.6. The summed E-state index contributed by atoms with van der Waals surface area (Å²) in [4.78, 5) is 12.6. The first-order chi connectivity index (χ1) is 10.1. The largest absolute Gasteiger partial charge is 0.493 e. The van der Waals surface area contributed by atoms with Gasteiger partial charge in [-0.3, -0.25) is 4.79 Å². The van der Waals surface area contributed by atoms with Crippen molar-refractivity contribution in [1.82, 2.24) is 0 Å². The number of methoxy groups -OCH3 is 3. The lowest BCUT2D eigenvalue weighted by Gasteiger charge is -2.15. The lowest BCUT2D eigenvalue weighted by atomic mass is 10.0. The molecule has 0 atom stereocenters. The Morgan fingerprint density at radius 1 is 0.857 bits per heavy atom. The summed E-state index contributed by atoms with van der Waals surface area (Å²) in [7, 11) is 4.59. The van der Waals surface area contributed by atoms with Gasteiger partial charge >= 0.3 is 0 Å². The quantitative estimate of drug-likeness (QED) is 0.742. The molecular weight excluding hydrogens is 292 g/mol. The zero-order valence-corrected chi connectivity index (χ0v) is 12.6. The third-order valence-electron chi connectivity index (χ3n) is 3.57. The summed E-state index contributed by atoms with van der Waals surface area (Å²) in [6.45, 7) is 0. The predicted molar refractivity (Wildman–Crippen MR) is 80.0 cm³/mol. The lowest BCUT2D eigenvalue weighted by Crippen LogP contribution is -2.00. The predicted octanol–water partition coefficient (Wildman–Crippen LogP) is 3.58. The number of halogens is 1. The van der Waals surface area contributed by atoms with E-state index >= 15 is 0 Å². The third-order valence-corrected chi connectivity index (χ3v) is 3.81. The van der Waals surface area contributed by atoms with Gasteiger partial charge in [0, 0.05) is 21.7 Å². The van der Waals surface area contributed by atoms with E-state index in [4.69, 9.17) is 25.8 Å². The minimum Gasteiger partial charge on any atom is -0.493 e. The molecule has 3 rings (SSSR count). The zero-order valence-electron chi connectivity index (χ0n) is 11.8. The van der Waals surface area contributed by atoms with E-state index in [9.17, 15) is 4.79 Å². The average Bonchev–Trinajstić information content (AvgIpc) is 2.77. The van der Waals surface area contributed by atoms with Crippen LogP contribution in [0.2, 0.25) is 5.02 Å². The molecule has 5 heteroatoms. The topological polar surface area (TPSA) is 44.8 Å². The Bertz CT molecular complexity index is 752. The van der Waals surface area contributed by atoms with E-state index in [-0.39, 0.29) is 5.78 Å². The van der Waals surface area contributed by atoms with Crippen LogP contribution in [0.15, 0.2) is 24.3 Å². The monoisotopic (exact) mass is 304 g/mol.